The van der Waals surface area contributed by atoms with Gasteiger partial charge in [0.2, 0.25) is 0 Å². The fourth-order valence-corrected chi connectivity index (χ4v) is 1.42. The van der Waals surface area contributed by atoms with Crippen LogP contribution in [0.4, 0.5) is 0 Å². The maximum absolute atomic E-state index is 8.53. The van der Waals surface area contributed by atoms with Crippen LogP contribution >= 0.6 is 0 Å². The molecule has 0 radical (unpaired) electrons. The first-order chi connectivity index (χ1) is 5.31. The standard InChI is InChI=1S/C10H22O/c1-3-7-10(2)8-5-4-6-9-11/h10-11H,3-9H2,1-2H3. The highest BCUT2D eigenvalue weighted by Crippen LogP contribution is 2.13. The van der Waals surface area contributed by atoms with E-state index in [0.29, 0.717) is 6.61 Å². The van der Waals surface area contributed by atoms with Crippen LogP contribution in [0.25, 0.3) is 0 Å². The molecule has 0 aromatic heterocycles. The normalized spacial score (nSPS) is 13.4. The van der Waals surface area contributed by atoms with Crippen molar-refractivity contribution in [1.29, 1.82) is 0 Å². The second-order valence-corrected chi connectivity index (χ2v) is 3.47. The van der Waals surface area contributed by atoms with E-state index in [2.05, 4.69) is 13.8 Å². The Bertz CT molecular complexity index is 71.3. The highest BCUT2D eigenvalue weighted by molar-refractivity contribution is 4.52. The summed E-state index contributed by atoms with van der Waals surface area (Å²) in [5, 5.41) is 8.53. The van der Waals surface area contributed by atoms with Crippen LogP contribution in [0.2, 0.25) is 0 Å². The van der Waals surface area contributed by atoms with E-state index < -0.39 is 0 Å². The molecule has 1 heteroatoms. The minimum Gasteiger partial charge on any atom is -0.396 e. The fourth-order valence-electron chi connectivity index (χ4n) is 1.42. The van der Waals surface area contributed by atoms with Crippen LogP contribution in [0, 0.1) is 5.92 Å². The van der Waals surface area contributed by atoms with E-state index in [-0.39, 0.29) is 0 Å². The predicted molar refractivity (Wildman–Crippen MR) is 49.6 cm³/mol. The van der Waals surface area contributed by atoms with Crippen LogP contribution in [0.15, 0.2) is 0 Å². The molecule has 68 valence electrons. The van der Waals surface area contributed by atoms with Crippen LogP contribution < -0.4 is 0 Å². The molecule has 0 saturated carbocycles. The van der Waals surface area contributed by atoms with Crippen LogP contribution in [-0.4, -0.2) is 11.7 Å². The van der Waals surface area contributed by atoms with Crippen molar-refractivity contribution in [3.8, 4) is 0 Å². The van der Waals surface area contributed by atoms with Gasteiger partial charge in [0.25, 0.3) is 0 Å². The first-order valence-corrected chi connectivity index (χ1v) is 4.92. The molecule has 0 spiro atoms. The van der Waals surface area contributed by atoms with Crippen molar-refractivity contribution < 1.29 is 5.11 Å². The van der Waals surface area contributed by atoms with Crippen LogP contribution in [0.3, 0.4) is 0 Å². The maximum Gasteiger partial charge on any atom is 0.0431 e. The quantitative estimate of drug-likeness (QED) is 0.565. The molecule has 0 aliphatic rings. The van der Waals surface area contributed by atoms with Gasteiger partial charge in [-0.3, -0.25) is 0 Å². The molecular formula is C10H22O. The maximum atomic E-state index is 8.53. The molecule has 1 unspecified atom stereocenters. The van der Waals surface area contributed by atoms with Gasteiger partial charge in [-0.1, -0.05) is 46.0 Å². The Hall–Kier alpha value is -0.0400. The Labute approximate surface area is 70.8 Å². The zero-order chi connectivity index (χ0) is 8.53. The molecule has 0 aliphatic carbocycles. The number of hydrogen-bond acceptors (Lipinski definition) is 1. The molecule has 0 amide bonds. The lowest BCUT2D eigenvalue weighted by Gasteiger charge is -2.08. The summed E-state index contributed by atoms with van der Waals surface area (Å²) in [6, 6.07) is 0. The molecule has 1 atom stereocenters. The Balaban J connectivity index is 2.97. The molecule has 1 nitrogen and oxygen atoms in total. The van der Waals surface area contributed by atoms with Crippen molar-refractivity contribution in [1.82, 2.24) is 0 Å². The van der Waals surface area contributed by atoms with Gasteiger partial charge in [0.15, 0.2) is 0 Å². The summed E-state index contributed by atoms with van der Waals surface area (Å²) in [5.74, 6) is 0.888. The minimum atomic E-state index is 0.363. The average molecular weight is 158 g/mol. The first kappa shape index (κ1) is 11.0. The molecule has 0 rings (SSSR count). The van der Waals surface area contributed by atoms with Crippen LogP contribution in [-0.2, 0) is 0 Å². The lowest BCUT2D eigenvalue weighted by atomic mass is 9.99. The average Bonchev–Trinajstić information content (AvgIpc) is 1.99. The fraction of sp³-hybridized carbons (Fsp3) is 1.00. The molecule has 0 saturated heterocycles. The van der Waals surface area contributed by atoms with E-state index >= 15 is 0 Å². The second kappa shape index (κ2) is 8.06. The van der Waals surface area contributed by atoms with Crippen molar-refractivity contribution >= 4 is 0 Å². The molecule has 11 heavy (non-hydrogen) atoms. The Morgan fingerprint density at radius 1 is 1.09 bits per heavy atom. The number of hydrogen-bond donors (Lipinski definition) is 1. The molecule has 0 bridgehead atoms. The van der Waals surface area contributed by atoms with Gasteiger partial charge < -0.3 is 5.11 Å². The van der Waals surface area contributed by atoms with Gasteiger partial charge in [-0.05, 0) is 12.3 Å². The van der Waals surface area contributed by atoms with Gasteiger partial charge in [0.05, 0.1) is 0 Å². The largest absolute Gasteiger partial charge is 0.396 e. The van der Waals surface area contributed by atoms with E-state index in [9.17, 15) is 0 Å². The molecule has 1 N–H and O–H groups in total. The SMILES string of the molecule is CCCC(C)CCCCCO. The number of aliphatic hydroxyl groups is 1. The second-order valence-electron chi connectivity index (χ2n) is 3.47. The molecule has 0 heterocycles. The van der Waals surface area contributed by atoms with Gasteiger partial charge in [-0.25, -0.2) is 0 Å². The highest BCUT2D eigenvalue weighted by Gasteiger charge is 1.98. The summed E-state index contributed by atoms with van der Waals surface area (Å²) in [6.07, 6.45) is 7.49. The lowest BCUT2D eigenvalue weighted by Crippen LogP contribution is -1.94. The minimum absolute atomic E-state index is 0.363. The van der Waals surface area contributed by atoms with E-state index in [1.165, 1.54) is 32.1 Å². The molecule has 0 fully saturated rings. The van der Waals surface area contributed by atoms with E-state index in [4.69, 9.17) is 5.11 Å². The zero-order valence-corrected chi connectivity index (χ0v) is 7.97. The van der Waals surface area contributed by atoms with E-state index in [1.807, 2.05) is 0 Å². The third-order valence-electron chi connectivity index (χ3n) is 2.14. The zero-order valence-electron chi connectivity index (χ0n) is 7.97. The van der Waals surface area contributed by atoms with E-state index in [1.54, 1.807) is 0 Å². The smallest absolute Gasteiger partial charge is 0.0431 e. The molecule has 0 aromatic carbocycles. The Morgan fingerprint density at radius 3 is 2.36 bits per heavy atom. The molecule has 0 aliphatic heterocycles. The summed E-state index contributed by atoms with van der Waals surface area (Å²) in [4.78, 5) is 0. The van der Waals surface area contributed by atoms with Crippen molar-refractivity contribution in [2.24, 2.45) is 5.92 Å². The van der Waals surface area contributed by atoms with Gasteiger partial charge in [0, 0.05) is 6.61 Å². The van der Waals surface area contributed by atoms with Crippen LogP contribution in [0.5, 0.6) is 0 Å². The molecule has 0 aromatic rings. The molecular weight excluding hydrogens is 136 g/mol. The van der Waals surface area contributed by atoms with Gasteiger partial charge in [-0.2, -0.15) is 0 Å². The predicted octanol–water partition coefficient (Wildman–Crippen LogP) is 2.98. The highest BCUT2D eigenvalue weighted by atomic mass is 16.2. The van der Waals surface area contributed by atoms with E-state index in [0.717, 1.165) is 12.3 Å². The summed E-state index contributed by atoms with van der Waals surface area (Å²) < 4.78 is 0. The van der Waals surface area contributed by atoms with Crippen molar-refractivity contribution in [2.75, 3.05) is 6.61 Å². The topological polar surface area (TPSA) is 20.2 Å². The summed E-state index contributed by atoms with van der Waals surface area (Å²) in [6.45, 7) is 4.93. The summed E-state index contributed by atoms with van der Waals surface area (Å²) >= 11 is 0. The van der Waals surface area contributed by atoms with Crippen LogP contribution in [0.1, 0.15) is 52.4 Å². The number of aliphatic hydroxyl groups excluding tert-OH is 1. The summed E-state index contributed by atoms with van der Waals surface area (Å²) in [5.41, 5.74) is 0. The first-order valence-electron chi connectivity index (χ1n) is 4.92. The van der Waals surface area contributed by atoms with Gasteiger partial charge in [0.1, 0.15) is 0 Å². The van der Waals surface area contributed by atoms with Crippen molar-refractivity contribution in [3.63, 3.8) is 0 Å². The monoisotopic (exact) mass is 158 g/mol. The van der Waals surface area contributed by atoms with Crippen molar-refractivity contribution in [3.05, 3.63) is 0 Å². The number of rotatable bonds is 7. The number of unbranched alkanes of at least 4 members (excludes halogenated alkanes) is 2. The van der Waals surface area contributed by atoms with Gasteiger partial charge >= 0.3 is 0 Å². The third-order valence-corrected chi connectivity index (χ3v) is 2.14. The van der Waals surface area contributed by atoms with Gasteiger partial charge in [-0.15, -0.1) is 0 Å². The lowest BCUT2D eigenvalue weighted by molar-refractivity contribution is 0.280. The Kier molecular flexibility index (Phi) is 8.03. The Morgan fingerprint density at radius 2 is 1.82 bits per heavy atom. The van der Waals surface area contributed by atoms with Crippen molar-refractivity contribution in [2.45, 2.75) is 52.4 Å². The third kappa shape index (κ3) is 7.86. The summed E-state index contributed by atoms with van der Waals surface area (Å²) in [7, 11) is 0.